The van der Waals surface area contributed by atoms with Gasteiger partial charge in [0.1, 0.15) is 0 Å². The van der Waals surface area contributed by atoms with Crippen molar-refractivity contribution >= 4 is 5.91 Å². The summed E-state index contributed by atoms with van der Waals surface area (Å²) in [5.41, 5.74) is 1.79. The molecule has 5 nitrogen and oxygen atoms in total. The lowest BCUT2D eigenvalue weighted by atomic mass is 9.46. The number of morpholine rings is 1. The molecule has 2 heterocycles. The Morgan fingerprint density at radius 2 is 1.75 bits per heavy atom. The van der Waals surface area contributed by atoms with Gasteiger partial charge in [0, 0.05) is 13.0 Å². The van der Waals surface area contributed by atoms with Gasteiger partial charge in [0.05, 0.1) is 31.5 Å². The number of hydrogen-bond donors (Lipinski definition) is 0. The van der Waals surface area contributed by atoms with Gasteiger partial charge in [-0.1, -0.05) is 27.7 Å². The molecule has 2 aliphatic heterocycles. The molecule has 2 spiro atoms. The molecule has 5 heteroatoms. The Bertz CT molecular complexity index is 1020. The molecule has 11 atom stereocenters. The zero-order valence-electron chi connectivity index (χ0n) is 25.8. The van der Waals surface area contributed by atoms with Gasteiger partial charge in [-0.15, -0.1) is 0 Å². The van der Waals surface area contributed by atoms with Crippen molar-refractivity contribution in [2.75, 3.05) is 19.7 Å². The summed E-state index contributed by atoms with van der Waals surface area (Å²) in [5.74, 6) is 4.29. The van der Waals surface area contributed by atoms with E-state index in [2.05, 4.69) is 27.7 Å². The number of carbonyl (C=O) groups is 1. The molecule has 1 amide bonds. The van der Waals surface area contributed by atoms with E-state index < -0.39 is 0 Å². The van der Waals surface area contributed by atoms with Crippen LogP contribution in [-0.2, 0) is 19.0 Å². The van der Waals surface area contributed by atoms with Crippen LogP contribution in [0.4, 0.5) is 0 Å². The minimum atomic E-state index is -0.260. The summed E-state index contributed by atoms with van der Waals surface area (Å²) in [6.07, 6.45) is 19.1. The van der Waals surface area contributed by atoms with Crippen LogP contribution in [0.2, 0.25) is 0 Å². The van der Waals surface area contributed by atoms with Crippen molar-refractivity contribution in [3.63, 3.8) is 0 Å². The summed E-state index contributed by atoms with van der Waals surface area (Å²) in [4.78, 5) is 14.8. The third-order valence-corrected chi connectivity index (χ3v) is 14.9. The first-order valence-electron chi connectivity index (χ1n) is 17.4. The van der Waals surface area contributed by atoms with Gasteiger partial charge in [0.25, 0.3) is 0 Å². The van der Waals surface area contributed by atoms with Gasteiger partial charge < -0.3 is 19.1 Å². The maximum absolute atomic E-state index is 12.8. The fraction of sp³-hybridized carbons (Fsp3) is 0.971. The lowest BCUT2D eigenvalue weighted by Crippen LogP contribution is -2.56. The second kappa shape index (κ2) is 9.18. The average Bonchev–Trinajstić information content (AvgIpc) is 3.85. The predicted molar refractivity (Wildman–Crippen MR) is 154 cm³/mol. The highest BCUT2D eigenvalue weighted by molar-refractivity contribution is 5.76. The van der Waals surface area contributed by atoms with E-state index in [0.29, 0.717) is 53.4 Å². The summed E-state index contributed by atoms with van der Waals surface area (Å²) >= 11 is 0. The molecule has 0 radical (unpaired) electrons. The normalized spacial score (nSPS) is 52.5. The quantitative estimate of drug-likeness (QED) is 0.369. The number of nitrogens with zero attached hydrogens (tertiary/aromatic N) is 1. The van der Waals surface area contributed by atoms with E-state index in [1.165, 1.54) is 77.0 Å². The van der Waals surface area contributed by atoms with E-state index >= 15 is 0 Å². The minimum Gasteiger partial charge on any atom is -0.375 e. The van der Waals surface area contributed by atoms with Crippen LogP contribution in [0.5, 0.6) is 0 Å². The molecule has 8 rings (SSSR count). The molecule has 2 saturated heterocycles. The van der Waals surface area contributed by atoms with Crippen molar-refractivity contribution < 1.29 is 19.0 Å². The molecule has 0 aromatic rings. The zero-order chi connectivity index (χ0) is 27.5. The lowest BCUT2D eigenvalue weighted by Gasteiger charge is -2.60. The third-order valence-electron chi connectivity index (χ3n) is 14.9. The van der Waals surface area contributed by atoms with Crippen molar-refractivity contribution in [3.8, 4) is 0 Å². The van der Waals surface area contributed by atoms with Gasteiger partial charge in [-0.2, -0.15) is 0 Å². The molecule has 8 fully saturated rings. The molecule has 0 N–H and O–H groups in total. The van der Waals surface area contributed by atoms with E-state index in [1.54, 1.807) is 0 Å². The topological polar surface area (TPSA) is 48.0 Å². The predicted octanol–water partition coefficient (Wildman–Crippen LogP) is 6.97. The smallest absolute Gasteiger partial charge is 0.223 e. The molecule has 0 aromatic heterocycles. The number of ether oxygens (including phenoxy) is 3. The van der Waals surface area contributed by atoms with Crippen molar-refractivity contribution in [1.82, 2.24) is 4.90 Å². The standard InChI is InChI=1S/C35H55NO4/c1-5-23-8-9-25-27(39-23)19-26-24-10-11-28-32(2,3)29(12-13-35(28)21-34(24,35)15-14-33(25,26)4)40-31-20-36(16-17-38-31)30(37)18-22-6-7-22/h22-29,31H,5-21H2,1-4H3/t23?,24?,25-,26?,27?,28?,29-,31?,33?,34-,35?/m0/s1. The third kappa shape index (κ3) is 3.77. The van der Waals surface area contributed by atoms with Crippen molar-refractivity contribution in [2.24, 2.45) is 51.2 Å². The molecule has 0 aromatic carbocycles. The largest absolute Gasteiger partial charge is 0.375 e. The summed E-state index contributed by atoms with van der Waals surface area (Å²) in [6, 6.07) is 0. The van der Waals surface area contributed by atoms with Crippen LogP contribution in [0.3, 0.4) is 0 Å². The Kier molecular flexibility index (Phi) is 6.18. The van der Waals surface area contributed by atoms with Gasteiger partial charge in [-0.3, -0.25) is 4.79 Å². The molecule has 40 heavy (non-hydrogen) atoms. The van der Waals surface area contributed by atoms with Crippen LogP contribution in [-0.4, -0.2) is 55.1 Å². The van der Waals surface area contributed by atoms with Crippen LogP contribution in [0, 0.1) is 51.2 Å². The van der Waals surface area contributed by atoms with E-state index in [1.807, 2.05) is 4.90 Å². The highest BCUT2D eigenvalue weighted by Crippen LogP contribution is 2.87. The molecule has 6 saturated carbocycles. The van der Waals surface area contributed by atoms with E-state index in [-0.39, 0.29) is 17.8 Å². The second-order valence-corrected chi connectivity index (χ2v) is 16.7. The van der Waals surface area contributed by atoms with Crippen LogP contribution in [0.25, 0.3) is 0 Å². The Morgan fingerprint density at radius 3 is 2.55 bits per heavy atom. The van der Waals surface area contributed by atoms with Gasteiger partial charge in [0.2, 0.25) is 5.91 Å². The van der Waals surface area contributed by atoms with Crippen LogP contribution in [0.1, 0.15) is 118 Å². The SMILES string of the molecule is CCC1CC[C@H]2C(CC3C4CCC5C(C)(C)[C@@H](OC6CN(C(=O)CC7CC7)CCO6)CCC56C[C@@]46CCC32C)O1. The first-order valence-corrected chi connectivity index (χ1v) is 17.4. The highest BCUT2D eigenvalue weighted by Gasteiger charge is 2.80. The Morgan fingerprint density at radius 1 is 0.925 bits per heavy atom. The summed E-state index contributed by atoms with van der Waals surface area (Å²) in [6.45, 7) is 12.0. The number of hydrogen-bond acceptors (Lipinski definition) is 4. The van der Waals surface area contributed by atoms with Crippen LogP contribution in [0.15, 0.2) is 0 Å². The summed E-state index contributed by atoms with van der Waals surface area (Å²) in [5, 5.41) is 0. The molecule has 6 aliphatic carbocycles. The average molecular weight is 554 g/mol. The lowest BCUT2D eigenvalue weighted by molar-refractivity contribution is -0.244. The number of amides is 1. The van der Waals surface area contributed by atoms with E-state index in [4.69, 9.17) is 14.2 Å². The van der Waals surface area contributed by atoms with Gasteiger partial charge in [-0.25, -0.2) is 0 Å². The fourth-order valence-electron chi connectivity index (χ4n) is 12.6. The van der Waals surface area contributed by atoms with Crippen LogP contribution < -0.4 is 0 Å². The molecular weight excluding hydrogens is 498 g/mol. The molecule has 8 unspecified atom stereocenters. The molecule has 0 bridgehead atoms. The van der Waals surface area contributed by atoms with Gasteiger partial charge in [-0.05, 0) is 135 Å². The number of rotatable bonds is 5. The van der Waals surface area contributed by atoms with Crippen LogP contribution >= 0.6 is 0 Å². The van der Waals surface area contributed by atoms with Crippen molar-refractivity contribution in [1.29, 1.82) is 0 Å². The summed E-state index contributed by atoms with van der Waals surface area (Å²) in [7, 11) is 0. The number of carbonyl (C=O) groups excluding carboxylic acids is 1. The Hall–Kier alpha value is -0.650. The molecular formula is C35H55NO4. The van der Waals surface area contributed by atoms with Crippen molar-refractivity contribution in [2.45, 2.75) is 142 Å². The fourth-order valence-corrected chi connectivity index (χ4v) is 12.6. The maximum atomic E-state index is 12.8. The van der Waals surface area contributed by atoms with Gasteiger partial charge >= 0.3 is 0 Å². The first kappa shape index (κ1) is 26.9. The summed E-state index contributed by atoms with van der Waals surface area (Å²) < 4.78 is 19.7. The Balaban J connectivity index is 0.967. The number of fused-ring (bicyclic) bond motifs is 4. The monoisotopic (exact) mass is 553 g/mol. The van der Waals surface area contributed by atoms with E-state index in [9.17, 15) is 4.79 Å². The second-order valence-electron chi connectivity index (χ2n) is 16.7. The molecule has 224 valence electrons. The van der Waals surface area contributed by atoms with Gasteiger partial charge in [0.15, 0.2) is 6.29 Å². The highest BCUT2D eigenvalue weighted by atomic mass is 16.7. The minimum absolute atomic E-state index is 0.151. The van der Waals surface area contributed by atoms with E-state index in [0.717, 1.165) is 43.1 Å². The maximum Gasteiger partial charge on any atom is 0.223 e. The zero-order valence-corrected chi connectivity index (χ0v) is 25.8. The first-order chi connectivity index (χ1) is 19.2. The Labute approximate surface area is 242 Å². The van der Waals surface area contributed by atoms with Crippen molar-refractivity contribution in [3.05, 3.63) is 0 Å². The molecule has 8 aliphatic rings.